The van der Waals surface area contributed by atoms with Crippen molar-refractivity contribution in [1.29, 1.82) is 0 Å². The van der Waals surface area contributed by atoms with Crippen LogP contribution >= 0.6 is 11.3 Å². The number of rotatable bonds is 5. The zero-order chi connectivity index (χ0) is 10.6. The van der Waals surface area contributed by atoms with Crippen LogP contribution in [0.4, 0.5) is 5.13 Å². The molecule has 0 aliphatic carbocycles. The maximum absolute atomic E-state index is 10.9. The SMILES string of the molecule is CC(C)CC(Nc1nncs1)C(=O)O. The highest BCUT2D eigenvalue weighted by molar-refractivity contribution is 7.13. The number of carboxylic acid groups (broad SMARTS) is 1. The molecule has 2 N–H and O–H groups in total. The van der Waals surface area contributed by atoms with Gasteiger partial charge in [0, 0.05) is 0 Å². The predicted octanol–water partition coefficient (Wildman–Crippen LogP) is 1.45. The van der Waals surface area contributed by atoms with Gasteiger partial charge >= 0.3 is 5.97 Å². The van der Waals surface area contributed by atoms with Crippen molar-refractivity contribution >= 4 is 22.4 Å². The predicted molar refractivity (Wildman–Crippen MR) is 54.4 cm³/mol. The third-order valence-electron chi connectivity index (χ3n) is 1.66. The third kappa shape index (κ3) is 3.29. The Hall–Kier alpha value is -1.17. The molecule has 0 fully saturated rings. The van der Waals surface area contributed by atoms with E-state index in [9.17, 15) is 4.79 Å². The summed E-state index contributed by atoms with van der Waals surface area (Å²) in [6.45, 7) is 3.97. The van der Waals surface area contributed by atoms with Gasteiger partial charge in [-0.1, -0.05) is 25.2 Å². The van der Waals surface area contributed by atoms with Gasteiger partial charge in [-0.25, -0.2) is 4.79 Å². The summed E-state index contributed by atoms with van der Waals surface area (Å²) in [5.74, 6) is -0.523. The summed E-state index contributed by atoms with van der Waals surface area (Å²) in [6, 6.07) is -0.581. The average Bonchev–Trinajstić information content (AvgIpc) is 2.54. The monoisotopic (exact) mass is 215 g/mol. The molecule has 1 rings (SSSR count). The zero-order valence-corrected chi connectivity index (χ0v) is 8.91. The quantitative estimate of drug-likeness (QED) is 0.777. The van der Waals surface area contributed by atoms with E-state index < -0.39 is 12.0 Å². The lowest BCUT2D eigenvalue weighted by Gasteiger charge is -2.14. The summed E-state index contributed by atoms with van der Waals surface area (Å²) in [6.07, 6.45) is 0.578. The van der Waals surface area contributed by atoms with Gasteiger partial charge in [0.2, 0.25) is 5.13 Å². The minimum Gasteiger partial charge on any atom is -0.480 e. The third-order valence-corrected chi connectivity index (χ3v) is 2.29. The maximum atomic E-state index is 10.9. The van der Waals surface area contributed by atoms with E-state index in [0.717, 1.165) is 0 Å². The molecule has 0 amide bonds. The largest absolute Gasteiger partial charge is 0.480 e. The Bertz CT molecular complexity index is 287. The lowest BCUT2D eigenvalue weighted by Crippen LogP contribution is -2.30. The van der Waals surface area contributed by atoms with E-state index in [1.807, 2.05) is 13.8 Å². The molecule has 1 atom stereocenters. The van der Waals surface area contributed by atoms with E-state index in [1.165, 1.54) is 11.3 Å². The topological polar surface area (TPSA) is 75.1 Å². The Morgan fingerprint density at radius 3 is 2.86 bits per heavy atom. The van der Waals surface area contributed by atoms with E-state index in [4.69, 9.17) is 5.11 Å². The summed E-state index contributed by atoms with van der Waals surface area (Å²) < 4.78 is 0. The van der Waals surface area contributed by atoms with Crippen molar-refractivity contribution in [2.45, 2.75) is 26.3 Å². The Morgan fingerprint density at radius 2 is 2.43 bits per heavy atom. The smallest absolute Gasteiger partial charge is 0.326 e. The van der Waals surface area contributed by atoms with Crippen molar-refractivity contribution in [2.24, 2.45) is 5.92 Å². The molecule has 1 heterocycles. The first kappa shape index (κ1) is 10.9. The lowest BCUT2D eigenvalue weighted by atomic mass is 10.0. The van der Waals surface area contributed by atoms with E-state index in [2.05, 4.69) is 15.5 Å². The highest BCUT2D eigenvalue weighted by Crippen LogP contribution is 2.14. The van der Waals surface area contributed by atoms with Crippen LogP contribution in [-0.4, -0.2) is 27.3 Å². The summed E-state index contributed by atoms with van der Waals surface area (Å²) in [7, 11) is 0. The Balaban J connectivity index is 2.56. The van der Waals surface area contributed by atoms with E-state index in [0.29, 0.717) is 17.5 Å². The van der Waals surface area contributed by atoms with Gasteiger partial charge in [-0.15, -0.1) is 10.2 Å². The Morgan fingerprint density at radius 1 is 1.71 bits per heavy atom. The van der Waals surface area contributed by atoms with Gasteiger partial charge < -0.3 is 10.4 Å². The molecular weight excluding hydrogens is 202 g/mol. The second-order valence-electron chi connectivity index (χ2n) is 3.41. The van der Waals surface area contributed by atoms with Crippen molar-refractivity contribution in [3.8, 4) is 0 Å². The molecule has 0 bridgehead atoms. The maximum Gasteiger partial charge on any atom is 0.326 e. The summed E-state index contributed by atoms with van der Waals surface area (Å²) in [5.41, 5.74) is 1.57. The molecule has 1 aromatic rings. The zero-order valence-electron chi connectivity index (χ0n) is 8.10. The number of hydrogen-bond donors (Lipinski definition) is 2. The van der Waals surface area contributed by atoms with Gasteiger partial charge in [0.05, 0.1) is 0 Å². The van der Waals surface area contributed by atoms with Crippen LogP contribution in [0, 0.1) is 5.92 Å². The van der Waals surface area contributed by atoms with Crippen LogP contribution in [0.2, 0.25) is 0 Å². The molecule has 14 heavy (non-hydrogen) atoms. The molecule has 0 spiro atoms. The molecule has 0 saturated carbocycles. The van der Waals surface area contributed by atoms with Gasteiger partial charge in [0.15, 0.2) is 0 Å². The lowest BCUT2D eigenvalue weighted by molar-refractivity contribution is -0.138. The first-order valence-corrected chi connectivity index (χ1v) is 5.23. The number of aromatic nitrogens is 2. The van der Waals surface area contributed by atoms with Gasteiger partial charge in [-0.2, -0.15) is 0 Å². The Kier molecular flexibility index (Phi) is 3.82. The minimum absolute atomic E-state index is 0.330. The number of nitrogens with zero attached hydrogens (tertiary/aromatic N) is 2. The van der Waals surface area contributed by atoms with Crippen molar-refractivity contribution in [1.82, 2.24) is 10.2 Å². The highest BCUT2D eigenvalue weighted by Gasteiger charge is 2.19. The van der Waals surface area contributed by atoms with Crippen molar-refractivity contribution in [3.63, 3.8) is 0 Å². The summed E-state index contributed by atoms with van der Waals surface area (Å²) >= 11 is 1.30. The molecule has 0 aliphatic rings. The fraction of sp³-hybridized carbons (Fsp3) is 0.625. The standard InChI is InChI=1S/C8H13N3O2S/c1-5(2)3-6(7(12)13)10-8-11-9-4-14-8/h4-6H,3H2,1-2H3,(H,10,11)(H,12,13). The fourth-order valence-electron chi connectivity index (χ4n) is 1.08. The van der Waals surface area contributed by atoms with Crippen LogP contribution in [0.1, 0.15) is 20.3 Å². The molecule has 0 aliphatic heterocycles. The molecule has 0 aromatic carbocycles. The van der Waals surface area contributed by atoms with E-state index >= 15 is 0 Å². The van der Waals surface area contributed by atoms with Crippen molar-refractivity contribution in [3.05, 3.63) is 5.51 Å². The normalized spacial score (nSPS) is 12.8. The van der Waals surface area contributed by atoms with Crippen LogP contribution in [0.5, 0.6) is 0 Å². The van der Waals surface area contributed by atoms with E-state index in [-0.39, 0.29) is 0 Å². The van der Waals surface area contributed by atoms with Gasteiger partial charge in [-0.05, 0) is 12.3 Å². The fourth-order valence-corrected chi connectivity index (χ4v) is 1.58. The molecule has 6 heteroatoms. The van der Waals surface area contributed by atoms with Gasteiger partial charge in [0.25, 0.3) is 0 Å². The molecule has 1 aromatic heterocycles. The van der Waals surface area contributed by atoms with Gasteiger partial charge in [-0.3, -0.25) is 0 Å². The number of aliphatic carboxylic acids is 1. The number of carboxylic acids is 1. The average molecular weight is 215 g/mol. The Labute approximate surface area is 86.2 Å². The van der Waals surface area contributed by atoms with Crippen LogP contribution in [0.25, 0.3) is 0 Å². The highest BCUT2D eigenvalue weighted by atomic mass is 32.1. The van der Waals surface area contributed by atoms with Crippen LogP contribution in [-0.2, 0) is 4.79 Å². The first-order chi connectivity index (χ1) is 6.59. The number of anilines is 1. The van der Waals surface area contributed by atoms with Gasteiger partial charge in [0.1, 0.15) is 11.6 Å². The second kappa shape index (κ2) is 4.90. The first-order valence-electron chi connectivity index (χ1n) is 4.35. The summed E-state index contributed by atoms with van der Waals surface area (Å²) in [4.78, 5) is 10.9. The van der Waals surface area contributed by atoms with Crippen molar-refractivity contribution in [2.75, 3.05) is 5.32 Å². The molecule has 0 saturated heterocycles. The number of carbonyl (C=O) groups is 1. The van der Waals surface area contributed by atoms with E-state index in [1.54, 1.807) is 5.51 Å². The molecule has 5 nitrogen and oxygen atoms in total. The number of nitrogens with one attached hydrogen (secondary N) is 1. The summed E-state index contributed by atoms with van der Waals surface area (Å²) in [5, 5.41) is 19.7. The molecule has 0 radical (unpaired) electrons. The molecular formula is C8H13N3O2S. The molecule has 1 unspecified atom stereocenters. The van der Waals surface area contributed by atoms with Crippen LogP contribution in [0.3, 0.4) is 0 Å². The second-order valence-corrected chi connectivity index (χ2v) is 4.24. The van der Waals surface area contributed by atoms with Crippen LogP contribution < -0.4 is 5.32 Å². The number of hydrogen-bond acceptors (Lipinski definition) is 5. The minimum atomic E-state index is -0.853. The van der Waals surface area contributed by atoms with Crippen LogP contribution in [0.15, 0.2) is 5.51 Å². The molecule has 78 valence electrons. The van der Waals surface area contributed by atoms with Crippen molar-refractivity contribution < 1.29 is 9.90 Å².